The van der Waals surface area contributed by atoms with Crippen LogP contribution in [0.1, 0.15) is 57.8 Å². The zero-order valence-corrected chi connectivity index (χ0v) is 13.3. The van der Waals surface area contributed by atoms with Crippen LogP contribution >= 0.6 is 0 Å². The van der Waals surface area contributed by atoms with Gasteiger partial charge < -0.3 is 9.84 Å². The van der Waals surface area contributed by atoms with Crippen molar-refractivity contribution in [3.63, 3.8) is 0 Å². The predicted molar refractivity (Wildman–Crippen MR) is 83.9 cm³/mol. The molecule has 3 fully saturated rings. The highest BCUT2D eigenvalue weighted by Crippen LogP contribution is 2.59. The van der Waals surface area contributed by atoms with E-state index in [2.05, 4.69) is 12.2 Å². The standard InChI is InChI=1S/C19H30O2/c1-21-17-7-6-16(14-4-2-3-5-15(14)17)18(20)19-10-8-13(12-19)9-11-19/h2-3,13-18,20H,4-12H2,1H3/t13?,14?,15-,16?,17?,18?,19?/m1/s1. The maximum absolute atomic E-state index is 11.3. The summed E-state index contributed by atoms with van der Waals surface area (Å²) in [5, 5.41) is 11.3. The van der Waals surface area contributed by atoms with E-state index in [9.17, 15) is 5.11 Å². The van der Waals surface area contributed by atoms with Crippen LogP contribution < -0.4 is 0 Å². The van der Waals surface area contributed by atoms with Crippen molar-refractivity contribution in [2.45, 2.75) is 70.0 Å². The third-order valence-electron chi connectivity index (χ3n) is 7.48. The van der Waals surface area contributed by atoms with Gasteiger partial charge >= 0.3 is 0 Å². The zero-order valence-electron chi connectivity index (χ0n) is 13.3. The zero-order chi connectivity index (χ0) is 14.4. The van der Waals surface area contributed by atoms with E-state index in [4.69, 9.17) is 4.74 Å². The lowest BCUT2D eigenvalue weighted by atomic mass is 9.60. The van der Waals surface area contributed by atoms with Crippen molar-refractivity contribution in [1.29, 1.82) is 0 Å². The average molecular weight is 290 g/mol. The fraction of sp³-hybridized carbons (Fsp3) is 0.895. The largest absolute Gasteiger partial charge is 0.392 e. The highest BCUT2D eigenvalue weighted by molar-refractivity contribution is 5.07. The van der Waals surface area contributed by atoms with Gasteiger partial charge in [0.25, 0.3) is 0 Å². The Morgan fingerprint density at radius 3 is 2.38 bits per heavy atom. The number of rotatable bonds is 3. The second-order valence-corrected chi connectivity index (χ2v) is 8.24. The maximum Gasteiger partial charge on any atom is 0.0627 e. The number of fused-ring (bicyclic) bond motifs is 3. The van der Waals surface area contributed by atoms with Gasteiger partial charge in [-0.2, -0.15) is 0 Å². The lowest BCUT2D eigenvalue weighted by molar-refractivity contribution is -0.0974. The molecular formula is C19H30O2. The monoisotopic (exact) mass is 290 g/mol. The van der Waals surface area contributed by atoms with Gasteiger partial charge in [-0.15, -0.1) is 0 Å². The number of hydrogen-bond acceptors (Lipinski definition) is 2. The van der Waals surface area contributed by atoms with Crippen molar-refractivity contribution in [2.75, 3.05) is 7.11 Å². The lowest BCUT2D eigenvalue weighted by Gasteiger charge is -2.49. The number of aliphatic hydroxyl groups excluding tert-OH is 1. The van der Waals surface area contributed by atoms with Crippen LogP contribution in [-0.4, -0.2) is 24.4 Å². The van der Waals surface area contributed by atoms with E-state index in [1.807, 2.05) is 7.11 Å². The Kier molecular flexibility index (Phi) is 3.66. The highest BCUT2D eigenvalue weighted by atomic mass is 16.5. The van der Waals surface area contributed by atoms with Gasteiger partial charge in [-0.3, -0.25) is 0 Å². The molecule has 4 rings (SSSR count). The van der Waals surface area contributed by atoms with Crippen molar-refractivity contribution in [3.8, 4) is 0 Å². The first-order valence-electron chi connectivity index (χ1n) is 9.09. The molecule has 21 heavy (non-hydrogen) atoms. The topological polar surface area (TPSA) is 29.5 Å². The lowest BCUT2D eigenvalue weighted by Crippen LogP contribution is -2.48. The molecule has 5 atom stereocenters. The number of ether oxygens (including phenoxy) is 1. The van der Waals surface area contributed by atoms with Gasteiger partial charge in [-0.05, 0) is 86.9 Å². The van der Waals surface area contributed by atoms with Crippen LogP contribution in [0.25, 0.3) is 0 Å². The van der Waals surface area contributed by atoms with Crippen molar-refractivity contribution < 1.29 is 9.84 Å². The summed E-state index contributed by atoms with van der Waals surface area (Å²) >= 11 is 0. The number of aliphatic hydroxyl groups is 1. The summed E-state index contributed by atoms with van der Waals surface area (Å²) in [5.41, 5.74) is 0.293. The van der Waals surface area contributed by atoms with Crippen molar-refractivity contribution in [1.82, 2.24) is 0 Å². The average Bonchev–Trinajstić information content (AvgIpc) is 3.15. The second kappa shape index (κ2) is 5.38. The Morgan fingerprint density at radius 2 is 1.76 bits per heavy atom. The first-order chi connectivity index (χ1) is 10.2. The number of methoxy groups -OCH3 is 1. The van der Waals surface area contributed by atoms with Crippen molar-refractivity contribution in [2.24, 2.45) is 29.1 Å². The number of allylic oxidation sites excluding steroid dienone is 2. The Bertz CT molecular complexity index is 408. The van der Waals surface area contributed by atoms with Crippen LogP contribution in [0.15, 0.2) is 12.2 Å². The van der Waals surface area contributed by atoms with E-state index in [1.165, 1.54) is 38.5 Å². The van der Waals surface area contributed by atoms with E-state index in [-0.39, 0.29) is 6.10 Å². The van der Waals surface area contributed by atoms with Crippen molar-refractivity contribution in [3.05, 3.63) is 12.2 Å². The second-order valence-electron chi connectivity index (χ2n) is 8.24. The molecule has 0 saturated heterocycles. The Hall–Kier alpha value is -0.340. The van der Waals surface area contributed by atoms with Gasteiger partial charge in [0.1, 0.15) is 0 Å². The molecule has 3 saturated carbocycles. The Morgan fingerprint density at radius 1 is 1.05 bits per heavy atom. The van der Waals surface area contributed by atoms with Gasteiger partial charge in [-0.1, -0.05) is 12.2 Å². The SMILES string of the molecule is COC1CCC(C(O)C23CCC(CC2)C3)C2CC=CC[C@@H]12. The first-order valence-corrected chi connectivity index (χ1v) is 9.09. The molecule has 2 nitrogen and oxygen atoms in total. The third kappa shape index (κ3) is 2.21. The first kappa shape index (κ1) is 14.3. The molecule has 2 heteroatoms. The highest BCUT2D eigenvalue weighted by Gasteiger charge is 2.54. The van der Waals surface area contributed by atoms with Crippen LogP contribution in [0.5, 0.6) is 0 Å². The maximum atomic E-state index is 11.3. The van der Waals surface area contributed by atoms with Gasteiger partial charge in [0, 0.05) is 7.11 Å². The van der Waals surface area contributed by atoms with E-state index in [0.29, 0.717) is 29.3 Å². The summed E-state index contributed by atoms with van der Waals surface area (Å²) in [7, 11) is 1.87. The summed E-state index contributed by atoms with van der Waals surface area (Å²) in [6.07, 6.45) is 16.3. The minimum atomic E-state index is -0.0539. The van der Waals surface area contributed by atoms with E-state index in [0.717, 1.165) is 25.2 Å². The molecule has 0 aromatic carbocycles. The summed E-state index contributed by atoms with van der Waals surface area (Å²) in [6, 6.07) is 0. The minimum Gasteiger partial charge on any atom is -0.392 e. The van der Waals surface area contributed by atoms with Crippen molar-refractivity contribution >= 4 is 0 Å². The normalized spacial score (nSPS) is 50.1. The summed E-state index contributed by atoms with van der Waals surface area (Å²) in [5.74, 6) is 2.74. The fourth-order valence-corrected chi connectivity index (χ4v) is 6.35. The summed E-state index contributed by atoms with van der Waals surface area (Å²) < 4.78 is 5.76. The molecule has 0 aromatic rings. The molecule has 0 heterocycles. The molecule has 1 N–H and O–H groups in total. The van der Waals surface area contributed by atoms with Crippen LogP contribution in [0.3, 0.4) is 0 Å². The van der Waals surface area contributed by atoms with E-state index >= 15 is 0 Å². The van der Waals surface area contributed by atoms with Crippen LogP contribution in [-0.2, 0) is 4.74 Å². The predicted octanol–water partition coefficient (Wildman–Crippen LogP) is 3.94. The molecule has 4 aliphatic rings. The molecule has 0 aromatic heterocycles. The van der Waals surface area contributed by atoms with E-state index in [1.54, 1.807) is 0 Å². The Labute approximate surface area is 129 Å². The summed E-state index contributed by atoms with van der Waals surface area (Å²) in [4.78, 5) is 0. The molecule has 0 radical (unpaired) electrons. The van der Waals surface area contributed by atoms with Crippen LogP contribution in [0.4, 0.5) is 0 Å². The van der Waals surface area contributed by atoms with Gasteiger partial charge in [-0.25, -0.2) is 0 Å². The third-order valence-corrected chi connectivity index (χ3v) is 7.48. The van der Waals surface area contributed by atoms with Crippen LogP contribution in [0, 0.1) is 29.1 Å². The quantitative estimate of drug-likeness (QED) is 0.798. The fourth-order valence-electron chi connectivity index (χ4n) is 6.35. The van der Waals surface area contributed by atoms with E-state index < -0.39 is 0 Å². The van der Waals surface area contributed by atoms with Gasteiger partial charge in [0.05, 0.1) is 12.2 Å². The molecule has 4 unspecified atom stereocenters. The smallest absolute Gasteiger partial charge is 0.0627 e. The van der Waals surface area contributed by atoms with Gasteiger partial charge in [0.15, 0.2) is 0 Å². The van der Waals surface area contributed by atoms with Crippen LogP contribution in [0.2, 0.25) is 0 Å². The molecule has 0 aliphatic heterocycles. The minimum absolute atomic E-state index is 0.0539. The van der Waals surface area contributed by atoms with Gasteiger partial charge in [0.2, 0.25) is 0 Å². The molecule has 118 valence electrons. The molecule has 2 bridgehead atoms. The molecule has 4 aliphatic carbocycles. The molecular weight excluding hydrogens is 260 g/mol. The molecule has 0 amide bonds. The number of hydrogen-bond donors (Lipinski definition) is 1. The molecule has 0 spiro atoms. The summed E-state index contributed by atoms with van der Waals surface area (Å²) in [6.45, 7) is 0. The Balaban J connectivity index is 1.55.